The molecule has 3 aromatic rings. The van der Waals surface area contributed by atoms with E-state index in [1.54, 1.807) is 18.2 Å². The van der Waals surface area contributed by atoms with Crippen molar-refractivity contribution < 1.29 is 18.4 Å². The summed E-state index contributed by atoms with van der Waals surface area (Å²) in [6.45, 7) is 0.0340. The molecule has 0 saturated carbocycles. The Labute approximate surface area is 143 Å². The van der Waals surface area contributed by atoms with Gasteiger partial charge in [-0.25, -0.2) is 9.37 Å². The number of halogens is 1. The van der Waals surface area contributed by atoms with E-state index < -0.39 is 5.92 Å². The zero-order chi connectivity index (χ0) is 17.4. The van der Waals surface area contributed by atoms with Crippen LogP contribution in [0.25, 0.3) is 11.1 Å². The number of oxazole rings is 1. The van der Waals surface area contributed by atoms with Gasteiger partial charge in [-0.05, 0) is 36.2 Å². The Bertz CT molecular complexity index is 916. The summed E-state index contributed by atoms with van der Waals surface area (Å²) >= 11 is 0. The molecule has 1 aliphatic rings. The van der Waals surface area contributed by atoms with Crippen LogP contribution in [-0.4, -0.2) is 21.7 Å². The van der Waals surface area contributed by atoms with Gasteiger partial charge < -0.3 is 4.42 Å². The quantitative estimate of drug-likeness (QED) is 0.686. The first kappa shape index (κ1) is 15.5. The van der Waals surface area contributed by atoms with Crippen molar-refractivity contribution in [3.8, 4) is 0 Å². The first-order valence-electron chi connectivity index (χ1n) is 8.03. The SMILES string of the molecule is O=C1CC(Cc2ccc(F)cc2)C(=O)N1Cc1nc2ccccc2o1. The highest BCUT2D eigenvalue weighted by molar-refractivity contribution is 6.03. The lowest BCUT2D eigenvalue weighted by atomic mass is 9.98. The standard InChI is InChI=1S/C19H15FN2O3/c20-14-7-5-12(6-8-14)9-13-10-18(23)22(19(13)24)11-17-21-15-3-1-2-4-16(15)25-17/h1-8,13H,9-11H2. The number of carbonyl (C=O) groups excluding carboxylic acids is 2. The molecule has 126 valence electrons. The number of carbonyl (C=O) groups is 2. The Kier molecular flexibility index (Phi) is 3.80. The molecule has 2 aromatic carbocycles. The normalized spacial score (nSPS) is 17.6. The molecule has 25 heavy (non-hydrogen) atoms. The lowest BCUT2D eigenvalue weighted by Gasteiger charge is -2.12. The molecule has 1 aliphatic heterocycles. The van der Waals surface area contributed by atoms with Gasteiger partial charge in [-0.2, -0.15) is 0 Å². The number of para-hydroxylation sites is 2. The average Bonchev–Trinajstić information content (AvgIpc) is 3.13. The third-order valence-corrected chi connectivity index (χ3v) is 4.36. The summed E-state index contributed by atoms with van der Waals surface area (Å²) < 4.78 is 18.6. The van der Waals surface area contributed by atoms with Crippen molar-refractivity contribution in [3.05, 3.63) is 65.8 Å². The molecule has 2 heterocycles. The van der Waals surface area contributed by atoms with E-state index in [2.05, 4.69) is 4.98 Å². The minimum Gasteiger partial charge on any atom is -0.439 e. The zero-order valence-electron chi connectivity index (χ0n) is 13.3. The molecular weight excluding hydrogens is 323 g/mol. The second-order valence-corrected chi connectivity index (χ2v) is 6.13. The van der Waals surface area contributed by atoms with Crippen molar-refractivity contribution in [1.29, 1.82) is 0 Å². The second-order valence-electron chi connectivity index (χ2n) is 6.13. The number of amides is 2. The molecule has 0 N–H and O–H groups in total. The second kappa shape index (κ2) is 6.12. The first-order chi connectivity index (χ1) is 12.1. The van der Waals surface area contributed by atoms with Gasteiger partial charge in [0.1, 0.15) is 17.9 Å². The molecule has 1 saturated heterocycles. The number of fused-ring (bicyclic) bond motifs is 1. The van der Waals surface area contributed by atoms with Gasteiger partial charge in [-0.15, -0.1) is 0 Å². The number of hydrogen-bond acceptors (Lipinski definition) is 4. The summed E-state index contributed by atoms with van der Waals surface area (Å²) in [5.74, 6) is -0.890. The van der Waals surface area contributed by atoms with Crippen LogP contribution in [0.5, 0.6) is 0 Å². The topological polar surface area (TPSA) is 63.4 Å². The van der Waals surface area contributed by atoms with Gasteiger partial charge in [-0.1, -0.05) is 24.3 Å². The Hall–Kier alpha value is -3.02. The summed E-state index contributed by atoms with van der Waals surface area (Å²) in [6.07, 6.45) is 0.561. The number of imide groups is 1. The summed E-state index contributed by atoms with van der Waals surface area (Å²) in [5.41, 5.74) is 2.15. The molecule has 0 bridgehead atoms. The van der Waals surface area contributed by atoms with E-state index in [0.29, 0.717) is 23.4 Å². The Balaban J connectivity index is 1.49. The number of hydrogen-bond donors (Lipinski definition) is 0. The molecule has 6 heteroatoms. The van der Waals surface area contributed by atoms with Crippen LogP contribution in [0.3, 0.4) is 0 Å². The van der Waals surface area contributed by atoms with Crippen LogP contribution in [0, 0.1) is 11.7 Å². The summed E-state index contributed by atoms with van der Waals surface area (Å²) in [7, 11) is 0. The summed E-state index contributed by atoms with van der Waals surface area (Å²) in [6, 6.07) is 13.3. The van der Waals surface area contributed by atoms with E-state index >= 15 is 0 Å². The fourth-order valence-corrected chi connectivity index (χ4v) is 3.10. The van der Waals surface area contributed by atoms with E-state index in [9.17, 15) is 14.0 Å². The van der Waals surface area contributed by atoms with Gasteiger partial charge in [0, 0.05) is 6.42 Å². The van der Waals surface area contributed by atoms with Gasteiger partial charge in [0.05, 0.1) is 5.92 Å². The number of benzene rings is 2. The predicted octanol–water partition coefficient (Wildman–Crippen LogP) is 3.08. The van der Waals surface area contributed by atoms with Crippen LogP contribution < -0.4 is 0 Å². The minimum absolute atomic E-state index is 0.0340. The third-order valence-electron chi connectivity index (χ3n) is 4.36. The van der Waals surface area contributed by atoms with Crippen LogP contribution in [0.2, 0.25) is 0 Å². The monoisotopic (exact) mass is 338 g/mol. The number of rotatable bonds is 4. The van der Waals surface area contributed by atoms with Crippen LogP contribution in [-0.2, 0) is 22.6 Å². The molecule has 4 rings (SSSR count). The predicted molar refractivity (Wildman–Crippen MR) is 87.8 cm³/mol. The fraction of sp³-hybridized carbons (Fsp3) is 0.211. The molecule has 0 aliphatic carbocycles. The van der Waals surface area contributed by atoms with Crippen molar-refractivity contribution in [1.82, 2.24) is 9.88 Å². The molecule has 2 amide bonds. The van der Waals surface area contributed by atoms with Crippen molar-refractivity contribution in [3.63, 3.8) is 0 Å². The lowest BCUT2D eigenvalue weighted by Crippen LogP contribution is -2.30. The van der Waals surface area contributed by atoms with E-state index in [0.717, 1.165) is 5.56 Å². The zero-order valence-corrected chi connectivity index (χ0v) is 13.3. The van der Waals surface area contributed by atoms with Gasteiger partial charge >= 0.3 is 0 Å². The molecule has 0 spiro atoms. The van der Waals surface area contributed by atoms with Crippen LogP contribution >= 0.6 is 0 Å². The fourth-order valence-electron chi connectivity index (χ4n) is 3.10. The molecule has 1 aromatic heterocycles. The first-order valence-corrected chi connectivity index (χ1v) is 8.03. The highest BCUT2D eigenvalue weighted by Gasteiger charge is 2.39. The number of aromatic nitrogens is 1. The van der Waals surface area contributed by atoms with Crippen molar-refractivity contribution in [2.24, 2.45) is 5.92 Å². The highest BCUT2D eigenvalue weighted by atomic mass is 19.1. The van der Waals surface area contributed by atoms with E-state index in [-0.39, 0.29) is 30.6 Å². The van der Waals surface area contributed by atoms with Gasteiger partial charge in [0.15, 0.2) is 5.58 Å². The van der Waals surface area contributed by atoms with Gasteiger partial charge in [-0.3, -0.25) is 14.5 Å². The number of likely N-dealkylation sites (tertiary alicyclic amines) is 1. The molecule has 1 atom stereocenters. The Morgan fingerprint density at radius 3 is 2.64 bits per heavy atom. The maximum Gasteiger partial charge on any atom is 0.233 e. The Morgan fingerprint density at radius 2 is 1.88 bits per heavy atom. The molecule has 0 radical (unpaired) electrons. The summed E-state index contributed by atoms with van der Waals surface area (Å²) in [4.78, 5) is 30.3. The minimum atomic E-state index is -0.428. The van der Waals surface area contributed by atoms with E-state index in [4.69, 9.17) is 4.42 Å². The highest BCUT2D eigenvalue weighted by Crippen LogP contribution is 2.26. The van der Waals surface area contributed by atoms with Crippen LogP contribution in [0.1, 0.15) is 17.9 Å². The van der Waals surface area contributed by atoms with Crippen molar-refractivity contribution >= 4 is 22.9 Å². The Morgan fingerprint density at radius 1 is 1.12 bits per heavy atom. The lowest BCUT2D eigenvalue weighted by molar-refractivity contribution is -0.140. The van der Waals surface area contributed by atoms with E-state index in [1.165, 1.54) is 17.0 Å². The third kappa shape index (κ3) is 3.03. The van der Waals surface area contributed by atoms with Crippen LogP contribution in [0.4, 0.5) is 4.39 Å². The van der Waals surface area contributed by atoms with Gasteiger partial charge in [0.2, 0.25) is 17.7 Å². The van der Waals surface area contributed by atoms with Crippen LogP contribution in [0.15, 0.2) is 52.9 Å². The average molecular weight is 338 g/mol. The van der Waals surface area contributed by atoms with Crippen molar-refractivity contribution in [2.45, 2.75) is 19.4 Å². The number of nitrogens with zero attached hydrogens (tertiary/aromatic N) is 2. The molecule has 1 fully saturated rings. The van der Waals surface area contributed by atoms with Gasteiger partial charge in [0.25, 0.3) is 0 Å². The molecule has 5 nitrogen and oxygen atoms in total. The van der Waals surface area contributed by atoms with E-state index in [1.807, 2.05) is 18.2 Å². The van der Waals surface area contributed by atoms with Crippen molar-refractivity contribution in [2.75, 3.05) is 0 Å². The molecular formula is C19H15FN2O3. The maximum absolute atomic E-state index is 13.0. The smallest absolute Gasteiger partial charge is 0.233 e. The maximum atomic E-state index is 13.0. The largest absolute Gasteiger partial charge is 0.439 e. The molecule has 1 unspecified atom stereocenters. The summed E-state index contributed by atoms with van der Waals surface area (Å²) in [5, 5.41) is 0.